The van der Waals surface area contributed by atoms with E-state index >= 15 is 0 Å². The highest BCUT2D eigenvalue weighted by Gasteiger charge is 2.41. The zero-order valence-corrected chi connectivity index (χ0v) is 40.2. The molecule has 0 bridgehead atoms. The number of H-pyrrole nitrogens is 1. The Morgan fingerprint density at radius 2 is 1.19 bits per heavy atom. The van der Waals surface area contributed by atoms with E-state index in [2.05, 4.69) is 47.2 Å². The molecule has 1 aliphatic heterocycles. The van der Waals surface area contributed by atoms with Gasteiger partial charge >= 0.3 is 5.97 Å². The maximum Gasteiger partial charge on any atom is 0.326 e. The van der Waals surface area contributed by atoms with Crippen molar-refractivity contribution >= 4 is 65.0 Å². The van der Waals surface area contributed by atoms with Crippen LogP contribution in [0.2, 0.25) is 0 Å². The summed E-state index contributed by atoms with van der Waals surface area (Å²) in [6.45, 7) is 1.75. The summed E-state index contributed by atoms with van der Waals surface area (Å²) in [5.41, 5.74) is 17.9. The van der Waals surface area contributed by atoms with Crippen LogP contribution in [-0.4, -0.2) is 158 Å². The smallest absolute Gasteiger partial charge is 0.326 e. The number of benzene rings is 2. The molecule has 0 saturated carbocycles. The fourth-order valence-corrected chi connectivity index (χ4v) is 7.65. The van der Waals surface area contributed by atoms with Crippen LogP contribution in [-0.2, 0) is 72.0 Å². The first-order valence-corrected chi connectivity index (χ1v) is 23.3. The van der Waals surface area contributed by atoms with Crippen molar-refractivity contribution in [3.63, 3.8) is 0 Å². The average Bonchev–Trinajstić information content (AvgIpc) is 4.07. The number of nitrogens with two attached hydrogens (primary N) is 3. The standard InChI is InChI=1S/C47H63N13O13/c1-25(48)39(64)53-26(2)40(65)54-30(15-16-37(49)62)41(66)57-33(18-27-10-5-3-6-11-27)46(71)60-17-9-14-36(60)45(70)56-32(21-38(50)63)43(68)55-31(20-29-22-51-24-52-29)42(67)59-35(23-61)44(69)58-34(47(72)73)19-28-12-7-4-8-13-28/h3-8,10-13,22,24-26,30-36,61H,9,14-21,23,48H2,1-2H3,(H2,49,62)(H2,50,63)(H,51,52)(H,53,64)(H,54,65)(H,55,68)(H,56,70)(H,57,66)(H,58,69)(H,59,67)(H,72,73)/t25-,26-,30-,31-,32-,33-,34-,35-,36-/m0/s1. The molecule has 3 aromatic rings. The molecule has 1 aliphatic rings. The van der Waals surface area contributed by atoms with Crippen LogP contribution in [0.1, 0.15) is 62.8 Å². The molecule has 10 amide bonds. The first-order valence-electron chi connectivity index (χ1n) is 23.3. The Kier molecular flexibility index (Phi) is 21.9. The van der Waals surface area contributed by atoms with E-state index in [1.54, 1.807) is 60.7 Å². The molecule has 0 unspecified atom stereocenters. The summed E-state index contributed by atoms with van der Waals surface area (Å²) in [7, 11) is 0. The third-order valence-corrected chi connectivity index (χ3v) is 11.6. The van der Waals surface area contributed by atoms with Crippen LogP contribution in [0.5, 0.6) is 0 Å². The third kappa shape index (κ3) is 18.1. The van der Waals surface area contributed by atoms with E-state index in [0.717, 1.165) is 0 Å². The van der Waals surface area contributed by atoms with Crippen molar-refractivity contribution in [2.75, 3.05) is 13.2 Å². The average molecular weight is 1020 g/mol. The number of hydrogen-bond acceptors (Lipinski definition) is 14. The second kappa shape index (κ2) is 28.0. The number of rotatable bonds is 28. The Hall–Kier alpha value is -8.26. The summed E-state index contributed by atoms with van der Waals surface area (Å²) in [5.74, 6) is -10.5. The predicted molar refractivity (Wildman–Crippen MR) is 257 cm³/mol. The molecule has 26 nitrogen and oxygen atoms in total. The van der Waals surface area contributed by atoms with E-state index < -0.39 is 132 Å². The number of amides is 10. The number of hydrogen-bond donors (Lipinski definition) is 13. The Bertz CT molecular complexity index is 2430. The monoisotopic (exact) mass is 1020 g/mol. The minimum absolute atomic E-state index is 0.00508. The fourth-order valence-electron chi connectivity index (χ4n) is 7.65. The van der Waals surface area contributed by atoms with Crippen molar-refractivity contribution in [3.8, 4) is 0 Å². The highest BCUT2D eigenvalue weighted by Crippen LogP contribution is 2.21. The predicted octanol–water partition coefficient (Wildman–Crippen LogP) is -4.59. The molecule has 26 heteroatoms. The lowest BCUT2D eigenvalue weighted by Gasteiger charge is -2.31. The van der Waals surface area contributed by atoms with Crippen molar-refractivity contribution in [2.45, 2.75) is 120 Å². The molecule has 1 aromatic heterocycles. The van der Waals surface area contributed by atoms with Crippen LogP contribution >= 0.6 is 0 Å². The van der Waals surface area contributed by atoms with E-state index in [4.69, 9.17) is 17.2 Å². The van der Waals surface area contributed by atoms with Gasteiger partial charge in [-0.05, 0) is 44.2 Å². The molecule has 0 aliphatic carbocycles. The molecular formula is C47H63N13O13. The molecule has 1 fully saturated rings. The molecule has 16 N–H and O–H groups in total. The number of aliphatic hydroxyl groups is 1. The number of aliphatic carboxylic acids is 1. The summed E-state index contributed by atoms with van der Waals surface area (Å²) < 4.78 is 0. The van der Waals surface area contributed by atoms with Crippen molar-refractivity contribution in [1.29, 1.82) is 0 Å². The SMILES string of the molecule is C[C@H](N)C(=O)N[C@@H](C)C(=O)N[C@@H](CCC(N)=O)C(=O)N[C@@H](Cc1ccccc1)C(=O)N1CCC[C@H]1C(=O)N[C@@H](CC(N)=O)C(=O)N[C@@H](Cc1cnc[nH]1)C(=O)N[C@@H](CO)C(=O)N[C@@H](Cc1ccccc1)C(=O)O. The second-order valence-electron chi connectivity index (χ2n) is 17.4. The van der Waals surface area contributed by atoms with Gasteiger partial charge in [-0.2, -0.15) is 0 Å². The van der Waals surface area contributed by atoms with Gasteiger partial charge < -0.3 is 74.5 Å². The number of nitrogens with zero attached hydrogens (tertiary/aromatic N) is 2. The topological polar surface area (TPSA) is 422 Å². The number of primary amides is 2. The molecule has 9 atom stereocenters. The molecule has 4 rings (SSSR count). The van der Waals surface area contributed by atoms with Gasteiger partial charge in [-0.15, -0.1) is 0 Å². The van der Waals surface area contributed by atoms with Crippen LogP contribution in [0.25, 0.3) is 0 Å². The fraction of sp³-hybridized carbons (Fsp3) is 0.447. The van der Waals surface area contributed by atoms with Crippen LogP contribution in [0, 0.1) is 0 Å². The van der Waals surface area contributed by atoms with E-state index in [1.165, 1.54) is 31.3 Å². The molecule has 2 heterocycles. The van der Waals surface area contributed by atoms with Gasteiger partial charge in [0.2, 0.25) is 59.1 Å². The summed E-state index contributed by atoms with van der Waals surface area (Å²) in [4.78, 5) is 153. The van der Waals surface area contributed by atoms with Gasteiger partial charge in [0.1, 0.15) is 48.3 Å². The minimum atomic E-state index is -1.75. The number of carboxylic acids is 1. The molecule has 394 valence electrons. The van der Waals surface area contributed by atoms with Gasteiger partial charge in [0, 0.05) is 44.1 Å². The normalized spacial score (nSPS) is 16.3. The minimum Gasteiger partial charge on any atom is -0.480 e. The summed E-state index contributed by atoms with van der Waals surface area (Å²) in [6.07, 6.45) is 0.935. The van der Waals surface area contributed by atoms with Crippen molar-refractivity contribution in [1.82, 2.24) is 52.1 Å². The number of aromatic amines is 1. The first-order chi connectivity index (χ1) is 34.7. The van der Waals surface area contributed by atoms with Gasteiger partial charge in [0.15, 0.2) is 0 Å². The van der Waals surface area contributed by atoms with Crippen molar-refractivity contribution < 1.29 is 63.0 Å². The van der Waals surface area contributed by atoms with Gasteiger partial charge in [-0.1, -0.05) is 60.7 Å². The second-order valence-corrected chi connectivity index (χ2v) is 17.4. The van der Waals surface area contributed by atoms with Gasteiger partial charge in [-0.25, -0.2) is 9.78 Å². The lowest BCUT2D eigenvalue weighted by atomic mass is 10.0. The summed E-state index contributed by atoms with van der Waals surface area (Å²) in [6, 6.07) is 4.12. The van der Waals surface area contributed by atoms with E-state index in [-0.39, 0.29) is 51.5 Å². The number of imidazole rings is 1. The van der Waals surface area contributed by atoms with Crippen molar-refractivity contribution in [3.05, 3.63) is 90.0 Å². The van der Waals surface area contributed by atoms with Gasteiger partial charge in [-0.3, -0.25) is 47.9 Å². The number of carbonyl (C=O) groups excluding carboxylic acids is 10. The maximum absolute atomic E-state index is 14.5. The number of carboxylic acid groups (broad SMARTS) is 1. The van der Waals surface area contributed by atoms with Crippen molar-refractivity contribution in [2.24, 2.45) is 17.2 Å². The third-order valence-electron chi connectivity index (χ3n) is 11.6. The number of aromatic nitrogens is 2. The zero-order chi connectivity index (χ0) is 53.8. The molecule has 1 saturated heterocycles. The summed E-state index contributed by atoms with van der Waals surface area (Å²) in [5, 5.41) is 37.0. The molecule has 73 heavy (non-hydrogen) atoms. The Balaban J connectivity index is 1.54. The first kappa shape index (κ1) is 57.3. The highest BCUT2D eigenvalue weighted by molar-refractivity contribution is 5.99. The molecule has 0 radical (unpaired) electrons. The molecular weight excluding hydrogens is 955 g/mol. The lowest BCUT2D eigenvalue weighted by Crippen LogP contribution is -2.61. The number of nitrogens with one attached hydrogen (secondary N) is 8. The van der Waals surface area contributed by atoms with Crippen LogP contribution in [0.3, 0.4) is 0 Å². The zero-order valence-electron chi connectivity index (χ0n) is 40.2. The Labute approximate surface area is 419 Å². The Morgan fingerprint density at radius 3 is 1.74 bits per heavy atom. The van der Waals surface area contributed by atoms with Crippen LogP contribution in [0.4, 0.5) is 0 Å². The van der Waals surface area contributed by atoms with Gasteiger partial charge in [0.25, 0.3) is 0 Å². The molecule has 2 aromatic carbocycles. The molecule has 0 spiro atoms. The highest BCUT2D eigenvalue weighted by atomic mass is 16.4. The quantitative estimate of drug-likeness (QED) is 0.0326. The number of aliphatic hydroxyl groups excluding tert-OH is 1. The van der Waals surface area contributed by atoms with Gasteiger partial charge in [0.05, 0.1) is 25.4 Å². The van der Waals surface area contributed by atoms with E-state index in [0.29, 0.717) is 16.8 Å². The van der Waals surface area contributed by atoms with Crippen LogP contribution < -0.4 is 54.4 Å². The number of carbonyl (C=O) groups is 11. The lowest BCUT2D eigenvalue weighted by molar-refractivity contribution is -0.143. The van der Waals surface area contributed by atoms with E-state index in [9.17, 15) is 63.0 Å². The van der Waals surface area contributed by atoms with E-state index in [1.807, 2.05) is 0 Å². The Morgan fingerprint density at radius 1 is 0.658 bits per heavy atom. The largest absolute Gasteiger partial charge is 0.480 e. The summed E-state index contributed by atoms with van der Waals surface area (Å²) >= 11 is 0. The maximum atomic E-state index is 14.5. The number of likely N-dealkylation sites (tertiary alicyclic amines) is 1. The van der Waals surface area contributed by atoms with Crippen LogP contribution in [0.15, 0.2) is 73.2 Å².